The second-order valence-corrected chi connectivity index (χ2v) is 4.98. The van der Waals surface area contributed by atoms with Crippen molar-refractivity contribution in [3.05, 3.63) is 0 Å². The molecule has 1 saturated carbocycles. The van der Waals surface area contributed by atoms with Crippen molar-refractivity contribution in [3.63, 3.8) is 0 Å². The van der Waals surface area contributed by atoms with Gasteiger partial charge in [-0.3, -0.25) is 4.79 Å². The Morgan fingerprint density at radius 2 is 2.25 bits per heavy atom. The Bertz CT molecular complexity index is 218. The minimum absolute atomic E-state index is 0.0491. The smallest absolute Gasteiger partial charge is 0.308 e. The van der Waals surface area contributed by atoms with E-state index in [9.17, 15) is 4.79 Å². The molecule has 2 N–H and O–H groups in total. The predicted molar refractivity (Wildman–Crippen MR) is 65.0 cm³/mol. The van der Waals surface area contributed by atoms with Crippen LogP contribution in [0.4, 0.5) is 0 Å². The first-order valence-corrected chi connectivity index (χ1v) is 6.57. The molecule has 0 spiro atoms. The van der Waals surface area contributed by atoms with Gasteiger partial charge in [-0.2, -0.15) is 0 Å². The summed E-state index contributed by atoms with van der Waals surface area (Å²) in [5.41, 5.74) is 5.44. The van der Waals surface area contributed by atoms with E-state index in [0.29, 0.717) is 6.54 Å². The normalized spacial score (nSPS) is 27.4. The van der Waals surface area contributed by atoms with Crippen LogP contribution in [0.15, 0.2) is 0 Å². The van der Waals surface area contributed by atoms with E-state index in [0.717, 1.165) is 25.2 Å². The van der Waals surface area contributed by atoms with Gasteiger partial charge in [0.05, 0.1) is 5.92 Å². The van der Waals surface area contributed by atoms with Crippen LogP contribution in [-0.2, 0) is 9.53 Å². The first-order chi connectivity index (χ1) is 7.67. The average molecular weight is 227 g/mol. The monoisotopic (exact) mass is 227 g/mol. The molecule has 1 aliphatic carbocycles. The van der Waals surface area contributed by atoms with Gasteiger partial charge in [0.25, 0.3) is 0 Å². The highest BCUT2D eigenvalue weighted by Gasteiger charge is 2.25. The van der Waals surface area contributed by atoms with Crippen LogP contribution < -0.4 is 5.73 Å². The second-order valence-electron chi connectivity index (χ2n) is 4.98. The molecule has 94 valence electrons. The van der Waals surface area contributed by atoms with E-state index in [1.807, 2.05) is 6.92 Å². The topological polar surface area (TPSA) is 52.3 Å². The molecule has 3 nitrogen and oxygen atoms in total. The molecule has 3 atom stereocenters. The third kappa shape index (κ3) is 4.12. The largest absolute Gasteiger partial charge is 0.462 e. The average Bonchev–Trinajstić information content (AvgIpc) is 2.29. The molecular formula is C13H25NO2. The lowest BCUT2D eigenvalue weighted by Crippen LogP contribution is -2.28. The minimum atomic E-state index is -0.0628. The Kier molecular flexibility index (Phi) is 5.81. The molecule has 0 bridgehead atoms. The van der Waals surface area contributed by atoms with Crippen molar-refractivity contribution < 1.29 is 9.53 Å². The highest BCUT2D eigenvalue weighted by molar-refractivity contribution is 5.72. The summed E-state index contributed by atoms with van der Waals surface area (Å²) in [5.74, 6) is 0.635. The van der Waals surface area contributed by atoms with Crippen molar-refractivity contribution in [1.29, 1.82) is 0 Å². The van der Waals surface area contributed by atoms with Crippen LogP contribution in [0.25, 0.3) is 0 Å². The predicted octanol–water partition coefficient (Wildman–Crippen LogP) is 2.48. The molecule has 0 aromatic rings. The number of carbonyl (C=O) groups excluding carboxylic acids is 1. The highest BCUT2D eigenvalue weighted by atomic mass is 16.5. The molecule has 0 radical (unpaired) electrons. The van der Waals surface area contributed by atoms with E-state index in [2.05, 4.69) is 6.92 Å². The number of nitrogens with two attached hydrogens (primary N) is 1. The van der Waals surface area contributed by atoms with E-state index in [1.165, 1.54) is 19.3 Å². The fraction of sp³-hybridized carbons (Fsp3) is 0.923. The van der Waals surface area contributed by atoms with Gasteiger partial charge in [0.15, 0.2) is 0 Å². The summed E-state index contributed by atoms with van der Waals surface area (Å²) in [4.78, 5) is 11.7. The zero-order valence-corrected chi connectivity index (χ0v) is 10.6. The molecular weight excluding hydrogens is 202 g/mol. The van der Waals surface area contributed by atoms with Crippen LogP contribution in [0.2, 0.25) is 0 Å². The quantitative estimate of drug-likeness (QED) is 0.734. The van der Waals surface area contributed by atoms with Crippen molar-refractivity contribution >= 4 is 5.97 Å². The van der Waals surface area contributed by atoms with E-state index >= 15 is 0 Å². The molecule has 0 aromatic heterocycles. The SMILES string of the molecule is CCC1CCCC(OC(=O)C(C)CCN)C1. The lowest BCUT2D eigenvalue weighted by Gasteiger charge is -2.29. The molecule has 0 aromatic carbocycles. The first kappa shape index (κ1) is 13.5. The maximum Gasteiger partial charge on any atom is 0.308 e. The Balaban J connectivity index is 2.32. The van der Waals surface area contributed by atoms with Crippen LogP contribution in [0.3, 0.4) is 0 Å². The first-order valence-electron chi connectivity index (χ1n) is 6.57. The van der Waals surface area contributed by atoms with E-state index in [-0.39, 0.29) is 18.0 Å². The standard InChI is InChI=1S/C13H25NO2/c1-3-11-5-4-6-12(9-11)16-13(15)10(2)7-8-14/h10-12H,3-9,14H2,1-2H3. The zero-order chi connectivity index (χ0) is 12.0. The van der Waals surface area contributed by atoms with Crippen molar-refractivity contribution in [2.75, 3.05) is 6.54 Å². The molecule has 1 aliphatic rings. The molecule has 16 heavy (non-hydrogen) atoms. The molecule has 3 unspecified atom stereocenters. The van der Waals surface area contributed by atoms with E-state index < -0.39 is 0 Å². The minimum Gasteiger partial charge on any atom is -0.462 e. The van der Waals surface area contributed by atoms with Gasteiger partial charge in [-0.25, -0.2) is 0 Å². The van der Waals surface area contributed by atoms with Crippen molar-refractivity contribution in [3.8, 4) is 0 Å². The second kappa shape index (κ2) is 6.89. The summed E-state index contributed by atoms with van der Waals surface area (Å²) in [5, 5.41) is 0. The summed E-state index contributed by atoms with van der Waals surface area (Å²) in [6.07, 6.45) is 6.67. The fourth-order valence-electron chi connectivity index (χ4n) is 2.37. The summed E-state index contributed by atoms with van der Waals surface area (Å²) in [7, 11) is 0. The Morgan fingerprint density at radius 1 is 1.50 bits per heavy atom. The van der Waals surface area contributed by atoms with Gasteiger partial charge in [0.2, 0.25) is 0 Å². The van der Waals surface area contributed by atoms with Crippen molar-refractivity contribution in [2.45, 2.75) is 58.5 Å². The van der Waals surface area contributed by atoms with Crippen LogP contribution in [0, 0.1) is 11.8 Å². The molecule has 1 fully saturated rings. The van der Waals surface area contributed by atoms with Gasteiger partial charge in [-0.15, -0.1) is 0 Å². The Morgan fingerprint density at radius 3 is 2.88 bits per heavy atom. The van der Waals surface area contributed by atoms with Gasteiger partial charge in [-0.1, -0.05) is 26.7 Å². The maximum atomic E-state index is 11.7. The Hall–Kier alpha value is -0.570. The summed E-state index contributed by atoms with van der Waals surface area (Å²) >= 11 is 0. The van der Waals surface area contributed by atoms with Crippen molar-refractivity contribution in [1.82, 2.24) is 0 Å². The number of rotatable bonds is 5. The third-order valence-corrected chi connectivity index (χ3v) is 3.60. The number of esters is 1. The number of ether oxygens (including phenoxy) is 1. The number of carbonyl (C=O) groups is 1. The van der Waals surface area contributed by atoms with Gasteiger partial charge < -0.3 is 10.5 Å². The van der Waals surface area contributed by atoms with Crippen LogP contribution >= 0.6 is 0 Å². The van der Waals surface area contributed by atoms with Crippen LogP contribution in [0.1, 0.15) is 52.4 Å². The summed E-state index contributed by atoms with van der Waals surface area (Å²) in [6, 6.07) is 0. The van der Waals surface area contributed by atoms with E-state index in [4.69, 9.17) is 10.5 Å². The van der Waals surface area contributed by atoms with Gasteiger partial charge in [-0.05, 0) is 38.1 Å². The van der Waals surface area contributed by atoms with Crippen molar-refractivity contribution in [2.24, 2.45) is 17.6 Å². The van der Waals surface area contributed by atoms with Gasteiger partial charge in [0, 0.05) is 0 Å². The number of hydrogen-bond acceptors (Lipinski definition) is 3. The summed E-state index contributed by atoms with van der Waals surface area (Å²) in [6.45, 7) is 4.67. The lowest BCUT2D eigenvalue weighted by atomic mass is 9.85. The molecule has 0 heterocycles. The van der Waals surface area contributed by atoms with Gasteiger partial charge in [0.1, 0.15) is 6.10 Å². The lowest BCUT2D eigenvalue weighted by molar-refractivity contribution is -0.155. The van der Waals surface area contributed by atoms with Gasteiger partial charge >= 0.3 is 5.97 Å². The molecule has 0 aliphatic heterocycles. The molecule has 0 amide bonds. The molecule has 0 saturated heterocycles. The van der Waals surface area contributed by atoms with Crippen LogP contribution in [-0.4, -0.2) is 18.6 Å². The zero-order valence-electron chi connectivity index (χ0n) is 10.6. The molecule has 1 rings (SSSR count). The number of hydrogen-bond donors (Lipinski definition) is 1. The fourth-order valence-corrected chi connectivity index (χ4v) is 2.37. The highest BCUT2D eigenvalue weighted by Crippen LogP contribution is 2.28. The van der Waals surface area contributed by atoms with Crippen LogP contribution in [0.5, 0.6) is 0 Å². The molecule has 3 heteroatoms. The van der Waals surface area contributed by atoms with E-state index in [1.54, 1.807) is 0 Å². The third-order valence-electron chi connectivity index (χ3n) is 3.60. The maximum absolute atomic E-state index is 11.7. The summed E-state index contributed by atoms with van der Waals surface area (Å²) < 4.78 is 5.54. The Labute approximate surface area is 98.7 Å².